The van der Waals surface area contributed by atoms with Crippen molar-refractivity contribution >= 4 is 34.1 Å². The van der Waals surface area contributed by atoms with E-state index in [-0.39, 0.29) is 16.9 Å². The second-order valence-corrected chi connectivity index (χ2v) is 8.37. The lowest BCUT2D eigenvalue weighted by Crippen LogP contribution is -2.42. The minimum atomic E-state index is -1.22. The number of nitrogens with one attached hydrogen (secondary N) is 2. The van der Waals surface area contributed by atoms with Gasteiger partial charge in [0.05, 0.1) is 5.52 Å². The molecule has 0 fully saturated rings. The Hall–Kier alpha value is -4.05. The molecule has 4 rings (SSSR count). The number of amides is 1. The molecule has 2 aromatic heterocycles. The number of rotatable bonds is 8. The summed E-state index contributed by atoms with van der Waals surface area (Å²) in [5.74, 6) is -1.19. The van der Waals surface area contributed by atoms with Crippen molar-refractivity contribution in [1.82, 2.24) is 20.5 Å². The Labute approximate surface area is 192 Å². The van der Waals surface area contributed by atoms with Crippen LogP contribution in [0.25, 0.3) is 10.9 Å². The number of carboxylic acids is 1. The summed E-state index contributed by atoms with van der Waals surface area (Å²) in [5, 5.41) is 19.2. The van der Waals surface area contributed by atoms with E-state index in [0.29, 0.717) is 17.4 Å². The Morgan fingerprint density at radius 3 is 2.64 bits per heavy atom. The summed E-state index contributed by atoms with van der Waals surface area (Å²) in [6.07, 6.45) is -0.0923. The standard InChI is InChI=1S/C23H20N4O5S/c1-13-10-15(17-4-2-3-5-18(17)24-13)12-32-16-8-6-14(7-9-16)21(28)25-19(22(29)30)11-20-26-27-23(31)33-20/h2-10,19H,11-12H2,1H3,(H,25,28)(H,27,31)(H,29,30). The summed E-state index contributed by atoms with van der Waals surface area (Å²) in [6.45, 7) is 2.27. The average molecular weight is 465 g/mol. The fourth-order valence-corrected chi connectivity index (χ4v) is 3.99. The van der Waals surface area contributed by atoms with Crippen LogP contribution >= 0.6 is 11.3 Å². The number of aromatic amines is 1. The zero-order valence-electron chi connectivity index (χ0n) is 17.6. The SMILES string of the molecule is Cc1cc(COc2ccc(C(=O)NC(Cc3n[nH]c(=O)s3)C(=O)O)cc2)c2ccccc2n1. The van der Waals surface area contributed by atoms with Crippen molar-refractivity contribution in [2.75, 3.05) is 0 Å². The van der Waals surface area contributed by atoms with Crippen LogP contribution in [0.3, 0.4) is 0 Å². The fraction of sp³-hybridized carbons (Fsp3) is 0.174. The molecule has 4 aromatic rings. The van der Waals surface area contributed by atoms with E-state index < -0.39 is 17.9 Å². The first-order valence-electron chi connectivity index (χ1n) is 10.1. The molecule has 1 amide bonds. The number of aryl methyl sites for hydroxylation is 1. The maximum absolute atomic E-state index is 12.5. The molecule has 1 atom stereocenters. The molecule has 33 heavy (non-hydrogen) atoms. The van der Waals surface area contributed by atoms with Gasteiger partial charge in [0, 0.05) is 28.6 Å². The highest BCUT2D eigenvalue weighted by Gasteiger charge is 2.23. The number of para-hydroxylation sites is 1. The number of pyridine rings is 1. The van der Waals surface area contributed by atoms with Crippen LogP contribution in [0.15, 0.2) is 59.4 Å². The van der Waals surface area contributed by atoms with Crippen LogP contribution in [0.5, 0.6) is 5.75 Å². The number of aliphatic carboxylic acids is 1. The van der Waals surface area contributed by atoms with Crippen molar-refractivity contribution < 1.29 is 19.4 Å². The van der Waals surface area contributed by atoms with Gasteiger partial charge in [-0.1, -0.05) is 29.5 Å². The van der Waals surface area contributed by atoms with E-state index in [4.69, 9.17) is 4.74 Å². The molecule has 168 valence electrons. The van der Waals surface area contributed by atoms with Gasteiger partial charge in [0.1, 0.15) is 23.4 Å². The largest absolute Gasteiger partial charge is 0.489 e. The van der Waals surface area contributed by atoms with Gasteiger partial charge in [-0.2, -0.15) is 5.10 Å². The summed E-state index contributed by atoms with van der Waals surface area (Å²) in [7, 11) is 0. The minimum absolute atomic E-state index is 0.0923. The highest BCUT2D eigenvalue weighted by molar-refractivity contribution is 7.08. The lowest BCUT2D eigenvalue weighted by atomic mass is 10.1. The van der Waals surface area contributed by atoms with E-state index in [9.17, 15) is 19.5 Å². The number of fused-ring (bicyclic) bond motifs is 1. The Balaban J connectivity index is 1.41. The van der Waals surface area contributed by atoms with E-state index in [0.717, 1.165) is 33.5 Å². The Morgan fingerprint density at radius 2 is 1.94 bits per heavy atom. The molecule has 3 N–H and O–H groups in total. The smallest absolute Gasteiger partial charge is 0.326 e. The van der Waals surface area contributed by atoms with Gasteiger partial charge in [-0.25, -0.2) is 9.89 Å². The predicted octanol–water partition coefficient (Wildman–Crippen LogP) is 2.69. The van der Waals surface area contributed by atoms with Gasteiger partial charge < -0.3 is 15.2 Å². The number of H-pyrrole nitrogens is 1. The number of aromatic nitrogens is 3. The molecular formula is C23H20N4O5S. The van der Waals surface area contributed by atoms with E-state index in [2.05, 4.69) is 20.5 Å². The Morgan fingerprint density at radius 1 is 1.18 bits per heavy atom. The van der Waals surface area contributed by atoms with Crippen molar-refractivity contribution in [3.63, 3.8) is 0 Å². The van der Waals surface area contributed by atoms with Gasteiger partial charge >= 0.3 is 10.8 Å². The normalized spacial score (nSPS) is 11.8. The zero-order chi connectivity index (χ0) is 23.4. The van der Waals surface area contributed by atoms with Crippen LogP contribution < -0.4 is 14.9 Å². The third-order valence-corrected chi connectivity index (χ3v) is 5.68. The zero-order valence-corrected chi connectivity index (χ0v) is 18.4. The molecule has 10 heteroatoms. The second kappa shape index (κ2) is 9.61. The fourth-order valence-electron chi connectivity index (χ4n) is 3.34. The third kappa shape index (κ3) is 5.42. The summed E-state index contributed by atoms with van der Waals surface area (Å²) in [4.78, 5) is 39.4. The molecule has 0 saturated carbocycles. The number of benzene rings is 2. The topological polar surface area (TPSA) is 134 Å². The van der Waals surface area contributed by atoms with E-state index in [1.54, 1.807) is 24.3 Å². The van der Waals surface area contributed by atoms with Crippen LogP contribution in [0.2, 0.25) is 0 Å². The number of nitrogens with zero attached hydrogens (tertiary/aromatic N) is 2. The molecule has 2 aromatic carbocycles. The molecule has 0 aliphatic heterocycles. The van der Waals surface area contributed by atoms with E-state index >= 15 is 0 Å². The highest BCUT2D eigenvalue weighted by atomic mass is 32.1. The average Bonchev–Trinajstić information content (AvgIpc) is 3.21. The second-order valence-electron chi connectivity index (χ2n) is 7.33. The summed E-state index contributed by atoms with van der Waals surface area (Å²) >= 11 is 0.806. The first kappa shape index (κ1) is 22.2. The van der Waals surface area contributed by atoms with Crippen LogP contribution in [0.1, 0.15) is 26.6 Å². The van der Waals surface area contributed by atoms with E-state index in [1.807, 2.05) is 37.3 Å². The van der Waals surface area contributed by atoms with Crippen LogP contribution in [0, 0.1) is 6.92 Å². The number of carbonyl (C=O) groups excluding carboxylic acids is 1. The van der Waals surface area contributed by atoms with Gasteiger partial charge in [0.25, 0.3) is 5.91 Å². The lowest BCUT2D eigenvalue weighted by molar-refractivity contribution is -0.139. The molecule has 1 unspecified atom stereocenters. The van der Waals surface area contributed by atoms with Crippen LogP contribution in [0.4, 0.5) is 0 Å². The maximum atomic E-state index is 12.5. The minimum Gasteiger partial charge on any atom is -0.489 e. The van der Waals surface area contributed by atoms with Crippen LogP contribution in [-0.2, 0) is 17.8 Å². The molecule has 0 bridgehead atoms. The number of carboxylic acid groups (broad SMARTS) is 1. The highest BCUT2D eigenvalue weighted by Crippen LogP contribution is 2.21. The quantitative estimate of drug-likeness (QED) is 0.365. The Bertz CT molecular complexity index is 1360. The molecule has 9 nitrogen and oxygen atoms in total. The number of hydrogen-bond donors (Lipinski definition) is 3. The predicted molar refractivity (Wildman–Crippen MR) is 123 cm³/mol. The monoisotopic (exact) mass is 464 g/mol. The van der Waals surface area contributed by atoms with Crippen molar-refractivity contribution in [3.05, 3.63) is 86.1 Å². The van der Waals surface area contributed by atoms with Gasteiger partial charge in [-0.3, -0.25) is 14.6 Å². The van der Waals surface area contributed by atoms with Crippen molar-refractivity contribution in [3.8, 4) is 5.75 Å². The summed E-state index contributed by atoms with van der Waals surface area (Å²) < 4.78 is 5.90. The van der Waals surface area contributed by atoms with Crippen molar-refractivity contribution in [2.24, 2.45) is 0 Å². The van der Waals surface area contributed by atoms with Crippen molar-refractivity contribution in [1.29, 1.82) is 0 Å². The van der Waals surface area contributed by atoms with Crippen LogP contribution in [-0.4, -0.2) is 38.2 Å². The number of ether oxygens (including phenoxy) is 1. The molecule has 0 spiro atoms. The Kier molecular flexibility index (Phi) is 6.45. The van der Waals surface area contributed by atoms with Crippen molar-refractivity contribution in [2.45, 2.75) is 26.0 Å². The maximum Gasteiger partial charge on any atom is 0.326 e. The van der Waals surface area contributed by atoms with Gasteiger partial charge in [0.15, 0.2) is 0 Å². The lowest BCUT2D eigenvalue weighted by Gasteiger charge is -2.13. The molecule has 0 aliphatic rings. The third-order valence-electron chi connectivity index (χ3n) is 4.91. The molecule has 0 radical (unpaired) electrons. The first-order valence-corrected chi connectivity index (χ1v) is 10.9. The summed E-state index contributed by atoms with van der Waals surface area (Å²) in [5.41, 5.74) is 3.09. The van der Waals surface area contributed by atoms with E-state index in [1.165, 1.54) is 0 Å². The van der Waals surface area contributed by atoms with Gasteiger partial charge in [-0.05, 0) is 43.3 Å². The first-order chi connectivity index (χ1) is 15.9. The molecule has 2 heterocycles. The van der Waals surface area contributed by atoms with Gasteiger partial charge in [0.2, 0.25) is 0 Å². The van der Waals surface area contributed by atoms with Gasteiger partial charge in [-0.15, -0.1) is 0 Å². The molecule has 0 saturated heterocycles. The summed E-state index contributed by atoms with van der Waals surface area (Å²) in [6, 6.07) is 15.0. The number of carbonyl (C=O) groups is 2. The number of hydrogen-bond acceptors (Lipinski definition) is 7. The molecular weight excluding hydrogens is 444 g/mol. The molecule has 0 aliphatic carbocycles.